The first-order chi connectivity index (χ1) is 14.4. The van der Waals surface area contributed by atoms with Crippen LogP contribution in [0.5, 0.6) is 0 Å². The van der Waals surface area contributed by atoms with Crippen molar-refractivity contribution in [1.82, 2.24) is 14.3 Å². The highest BCUT2D eigenvalue weighted by Crippen LogP contribution is 2.26. The highest BCUT2D eigenvalue weighted by Gasteiger charge is 2.33. The van der Waals surface area contributed by atoms with E-state index in [1.54, 1.807) is 18.2 Å². The van der Waals surface area contributed by atoms with Crippen LogP contribution in [0.4, 0.5) is 19.0 Å². The van der Waals surface area contributed by atoms with E-state index in [4.69, 9.17) is 0 Å². The van der Waals surface area contributed by atoms with Crippen molar-refractivity contribution < 1.29 is 21.6 Å². The van der Waals surface area contributed by atoms with Gasteiger partial charge in [-0.25, -0.2) is 31.6 Å². The normalized spacial score (nSPS) is 15.4. The number of aromatic nitrogens is 2. The van der Waals surface area contributed by atoms with Crippen molar-refractivity contribution in [2.75, 3.05) is 31.1 Å². The lowest BCUT2D eigenvalue weighted by atomic mass is 10.1. The first-order valence-electron chi connectivity index (χ1n) is 9.13. The first-order valence-corrected chi connectivity index (χ1v) is 10.6. The zero-order valence-corrected chi connectivity index (χ0v) is 16.5. The maximum Gasteiger partial charge on any atom is 0.249 e. The maximum atomic E-state index is 14.0. The summed E-state index contributed by atoms with van der Waals surface area (Å²) in [5.41, 5.74) is 1.32. The summed E-state index contributed by atoms with van der Waals surface area (Å²) in [4.78, 5) is 9.36. The van der Waals surface area contributed by atoms with Crippen LogP contribution < -0.4 is 4.90 Å². The van der Waals surface area contributed by atoms with Gasteiger partial charge in [0.05, 0.1) is 5.69 Å². The van der Waals surface area contributed by atoms with Gasteiger partial charge in [-0.2, -0.15) is 4.31 Å². The molecule has 1 saturated heterocycles. The summed E-state index contributed by atoms with van der Waals surface area (Å²) >= 11 is 0. The van der Waals surface area contributed by atoms with Gasteiger partial charge in [-0.3, -0.25) is 0 Å². The molecule has 0 amide bonds. The molecule has 2 aromatic carbocycles. The topological polar surface area (TPSA) is 66.4 Å². The van der Waals surface area contributed by atoms with E-state index < -0.39 is 26.6 Å². The Bertz CT molecular complexity index is 1140. The molecule has 3 aromatic rings. The third kappa shape index (κ3) is 3.88. The van der Waals surface area contributed by atoms with Crippen molar-refractivity contribution in [1.29, 1.82) is 0 Å². The molecular formula is C20H17F3N4O2S. The molecule has 0 spiro atoms. The van der Waals surface area contributed by atoms with Crippen LogP contribution in [0, 0.1) is 17.5 Å². The molecule has 1 aliphatic rings. The van der Waals surface area contributed by atoms with Crippen molar-refractivity contribution >= 4 is 15.8 Å². The zero-order chi connectivity index (χ0) is 21.3. The monoisotopic (exact) mass is 434 g/mol. The molecule has 1 fully saturated rings. The van der Waals surface area contributed by atoms with Gasteiger partial charge >= 0.3 is 0 Å². The Morgan fingerprint density at radius 1 is 0.833 bits per heavy atom. The fourth-order valence-corrected chi connectivity index (χ4v) is 4.85. The second kappa shape index (κ2) is 8.04. The third-order valence-corrected chi connectivity index (χ3v) is 6.82. The van der Waals surface area contributed by atoms with E-state index in [9.17, 15) is 21.6 Å². The summed E-state index contributed by atoms with van der Waals surface area (Å²) in [5, 5.41) is 0. The molecule has 0 bridgehead atoms. The molecule has 0 saturated carbocycles. The largest absolute Gasteiger partial charge is 0.354 e. The molecule has 4 rings (SSSR count). The predicted molar refractivity (Wildman–Crippen MR) is 105 cm³/mol. The van der Waals surface area contributed by atoms with Gasteiger partial charge < -0.3 is 4.90 Å². The quantitative estimate of drug-likeness (QED) is 0.632. The average molecular weight is 434 g/mol. The van der Waals surface area contributed by atoms with Crippen LogP contribution in [0.25, 0.3) is 11.3 Å². The lowest BCUT2D eigenvalue weighted by Crippen LogP contribution is -2.49. The number of hydrogen-bond acceptors (Lipinski definition) is 5. The van der Waals surface area contributed by atoms with Gasteiger partial charge in [0, 0.05) is 37.8 Å². The van der Waals surface area contributed by atoms with Gasteiger partial charge in [0.25, 0.3) is 0 Å². The summed E-state index contributed by atoms with van der Waals surface area (Å²) in [7, 11) is -4.30. The second-order valence-corrected chi connectivity index (χ2v) is 8.59. The summed E-state index contributed by atoms with van der Waals surface area (Å²) in [5.74, 6) is -2.00. The van der Waals surface area contributed by atoms with E-state index >= 15 is 0 Å². The maximum absolute atomic E-state index is 14.0. The molecule has 1 aromatic heterocycles. The predicted octanol–water partition coefficient (Wildman–Crippen LogP) is 3.07. The fraction of sp³-hybridized carbons (Fsp3) is 0.200. The molecule has 0 unspecified atom stereocenters. The minimum absolute atomic E-state index is 0.0476. The molecule has 30 heavy (non-hydrogen) atoms. The first kappa shape index (κ1) is 20.3. The Morgan fingerprint density at radius 2 is 1.47 bits per heavy atom. The highest BCUT2D eigenvalue weighted by molar-refractivity contribution is 7.89. The standard InChI is InChI=1S/C20H17F3N4O2S/c21-15-6-4-14(5-7-15)18-12-19(25-13-24-18)26-8-10-27(11-9-26)30(28,29)20-16(22)2-1-3-17(20)23/h1-7,12-13H,8-11H2. The van der Waals surface area contributed by atoms with E-state index in [1.807, 2.05) is 4.90 Å². The van der Waals surface area contributed by atoms with Crippen molar-refractivity contribution in [2.45, 2.75) is 4.90 Å². The number of nitrogens with zero attached hydrogens (tertiary/aromatic N) is 4. The fourth-order valence-electron chi connectivity index (χ4n) is 3.31. The SMILES string of the molecule is O=S(=O)(c1c(F)cccc1F)N1CCN(c2cc(-c3ccc(F)cc3)ncn2)CC1. The Hall–Kier alpha value is -2.98. The Labute approximate surface area is 171 Å². The van der Waals surface area contributed by atoms with E-state index in [0.29, 0.717) is 11.5 Å². The summed E-state index contributed by atoms with van der Waals surface area (Å²) in [6, 6.07) is 10.6. The molecule has 156 valence electrons. The van der Waals surface area contributed by atoms with Crippen LogP contribution in [-0.4, -0.2) is 48.9 Å². The highest BCUT2D eigenvalue weighted by atomic mass is 32.2. The van der Waals surface area contributed by atoms with Crippen LogP contribution in [0.15, 0.2) is 59.8 Å². The summed E-state index contributed by atoms with van der Waals surface area (Å²) < 4.78 is 67.6. The molecule has 2 heterocycles. The Morgan fingerprint density at radius 3 is 2.10 bits per heavy atom. The van der Waals surface area contributed by atoms with E-state index in [-0.39, 0.29) is 32.0 Å². The van der Waals surface area contributed by atoms with Crippen molar-refractivity contribution in [3.05, 3.63) is 72.3 Å². The second-order valence-electron chi connectivity index (χ2n) is 6.71. The number of halogens is 3. The van der Waals surface area contributed by atoms with Gasteiger partial charge in [0.1, 0.15) is 29.6 Å². The van der Waals surface area contributed by atoms with E-state index in [1.165, 1.54) is 18.5 Å². The molecule has 0 aliphatic carbocycles. The minimum Gasteiger partial charge on any atom is -0.354 e. The number of anilines is 1. The molecule has 6 nitrogen and oxygen atoms in total. The van der Waals surface area contributed by atoms with Crippen molar-refractivity contribution in [2.24, 2.45) is 0 Å². The van der Waals surface area contributed by atoms with E-state index in [2.05, 4.69) is 9.97 Å². The average Bonchev–Trinajstić information content (AvgIpc) is 2.74. The summed E-state index contributed by atoms with van der Waals surface area (Å²) in [6.07, 6.45) is 1.38. The van der Waals surface area contributed by atoms with Gasteiger partial charge in [-0.1, -0.05) is 6.07 Å². The molecular weight excluding hydrogens is 417 g/mol. The molecule has 1 aliphatic heterocycles. The lowest BCUT2D eigenvalue weighted by molar-refractivity contribution is 0.377. The summed E-state index contributed by atoms with van der Waals surface area (Å²) in [6.45, 7) is 0.669. The van der Waals surface area contributed by atoms with Gasteiger partial charge in [-0.15, -0.1) is 0 Å². The van der Waals surface area contributed by atoms with Crippen molar-refractivity contribution in [3.8, 4) is 11.3 Å². The Balaban J connectivity index is 1.51. The van der Waals surface area contributed by atoms with Crippen LogP contribution in [0.2, 0.25) is 0 Å². The van der Waals surface area contributed by atoms with Crippen LogP contribution in [-0.2, 0) is 10.0 Å². The molecule has 0 N–H and O–H groups in total. The number of benzene rings is 2. The van der Waals surface area contributed by atoms with Gasteiger partial charge in [-0.05, 0) is 36.4 Å². The Kier molecular flexibility index (Phi) is 5.44. The van der Waals surface area contributed by atoms with Gasteiger partial charge in [0.2, 0.25) is 10.0 Å². The van der Waals surface area contributed by atoms with Crippen LogP contribution >= 0.6 is 0 Å². The number of piperazine rings is 1. The number of hydrogen-bond donors (Lipinski definition) is 0. The zero-order valence-electron chi connectivity index (χ0n) is 15.7. The van der Waals surface area contributed by atoms with Crippen LogP contribution in [0.3, 0.4) is 0 Å². The van der Waals surface area contributed by atoms with Gasteiger partial charge in [0.15, 0.2) is 4.90 Å². The molecule has 0 atom stereocenters. The minimum atomic E-state index is -4.30. The molecule has 10 heteroatoms. The number of sulfonamides is 1. The van der Waals surface area contributed by atoms with Crippen LogP contribution in [0.1, 0.15) is 0 Å². The molecule has 0 radical (unpaired) electrons. The number of rotatable bonds is 4. The van der Waals surface area contributed by atoms with E-state index in [0.717, 1.165) is 28.1 Å². The lowest BCUT2D eigenvalue weighted by Gasteiger charge is -2.34. The van der Waals surface area contributed by atoms with Crippen molar-refractivity contribution in [3.63, 3.8) is 0 Å². The third-order valence-electron chi connectivity index (χ3n) is 4.87. The smallest absolute Gasteiger partial charge is 0.249 e.